The number of hydrogen-bond donors (Lipinski definition) is 2. The van der Waals surface area contributed by atoms with Crippen molar-refractivity contribution in [3.8, 4) is 23.1 Å². The van der Waals surface area contributed by atoms with Gasteiger partial charge in [0, 0.05) is 73.6 Å². The molecule has 1 aromatic heterocycles. The highest BCUT2D eigenvalue weighted by Gasteiger charge is 2.27. The number of likely N-dealkylation sites (tertiary alicyclic amines) is 1. The van der Waals surface area contributed by atoms with Crippen molar-refractivity contribution in [1.82, 2.24) is 29.8 Å². The van der Waals surface area contributed by atoms with Gasteiger partial charge in [-0.05, 0) is 69.2 Å². The van der Waals surface area contributed by atoms with Crippen LogP contribution < -0.4 is 11.1 Å². The second-order valence-corrected chi connectivity index (χ2v) is 13.4. The molecule has 254 valence electrons. The van der Waals surface area contributed by atoms with Crippen LogP contribution in [0.5, 0.6) is 0 Å². The second-order valence-electron chi connectivity index (χ2n) is 12.6. The van der Waals surface area contributed by atoms with E-state index in [0.717, 1.165) is 61.7 Å². The monoisotopic (exact) mass is 691 g/mol. The molecule has 3 amide bonds. The normalized spacial score (nSPS) is 17.0. The summed E-state index contributed by atoms with van der Waals surface area (Å²) in [5, 5.41) is 8.93. The van der Waals surface area contributed by atoms with Crippen molar-refractivity contribution in [3.63, 3.8) is 0 Å². The van der Waals surface area contributed by atoms with Crippen LogP contribution in [0.2, 0.25) is 10.0 Å². The van der Waals surface area contributed by atoms with E-state index in [0.29, 0.717) is 66.0 Å². The fourth-order valence-electron chi connectivity index (χ4n) is 6.66. The Kier molecular flexibility index (Phi) is 11.6. The van der Waals surface area contributed by atoms with Gasteiger partial charge in [0.1, 0.15) is 0 Å². The maximum Gasteiger partial charge on any atom is 0.315 e. The smallest absolute Gasteiger partial charge is 0.315 e. The molecule has 0 radical (unpaired) electrons. The standard InChI is InChI=1S/C36H43Cl2N7O3/c37-31-10-8-28(34-30-25-44(36(39)47)17-11-33(30)45(41-34)16-4-15-42-13-2-1-3-14-42)24-27(31)7-5-26-6-9-32(38)29(23-26)35(46)40-12-18-43-19-21-48-22-20-43/h6,8-10,23-24H,1-4,11-22,25H2,(H2,39,47)(H,40,46). The van der Waals surface area contributed by atoms with Gasteiger partial charge in [0.25, 0.3) is 5.91 Å². The van der Waals surface area contributed by atoms with Crippen LogP contribution in [-0.4, -0.2) is 102 Å². The number of benzene rings is 2. The number of halogens is 2. The molecule has 2 saturated heterocycles. The van der Waals surface area contributed by atoms with E-state index in [1.54, 1.807) is 23.1 Å². The third-order valence-electron chi connectivity index (χ3n) is 9.35. The van der Waals surface area contributed by atoms with Crippen LogP contribution in [-0.2, 0) is 24.2 Å². The van der Waals surface area contributed by atoms with Crippen LogP contribution in [0.1, 0.15) is 58.4 Å². The van der Waals surface area contributed by atoms with E-state index in [2.05, 4.69) is 31.6 Å². The summed E-state index contributed by atoms with van der Waals surface area (Å²) in [6.07, 6.45) is 5.59. The molecule has 3 N–H and O–H groups in total. The number of urea groups is 1. The molecule has 48 heavy (non-hydrogen) atoms. The van der Waals surface area contributed by atoms with Crippen molar-refractivity contribution in [1.29, 1.82) is 0 Å². The summed E-state index contributed by atoms with van der Waals surface area (Å²) in [5.41, 5.74) is 11.2. The minimum absolute atomic E-state index is 0.238. The number of carbonyl (C=O) groups is 2. The van der Waals surface area contributed by atoms with Crippen LogP contribution in [0, 0.1) is 11.8 Å². The fraction of sp³-hybridized carbons (Fsp3) is 0.472. The predicted octanol–water partition coefficient (Wildman–Crippen LogP) is 4.63. The maximum absolute atomic E-state index is 13.0. The minimum Gasteiger partial charge on any atom is -0.379 e. The molecular weight excluding hydrogens is 649 g/mol. The third kappa shape index (κ3) is 8.52. The number of nitrogens with zero attached hydrogens (tertiary/aromatic N) is 5. The van der Waals surface area contributed by atoms with Crippen molar-refractivity contribution in [2.24, 2.45) is 5.73 Å². The summed E-state index contributed by atoms with van der Waals surface area (Å²) in [6, 6.07) is 10.5. The van der Waals surface area contributed by atoms with Crippen molar-refractivity contribution < 1.29 is 14.3 Å². The Morgan fingerprint density at radius 1 is 0.896 bits per heavy atom. The lowest BCUT2D eigenvalue weighted by Gasteiger charge is -2.27. The quantitative estimate of drug-likeness (QED) is 0.317. The Morgan fingerprint density at radius 3 is 2.46 bits per heavy atom. The number of aryl methyl sites for hydroxylation is 1. The molecular formula is C36H43Cl2N7O3. The van der Waals surface area contributed by atoms with Crippen LogP contribution in [0.15, 0.2) is 36.4 Å². The van der Waals surface area contributed by atoms with E-state index in [4.69, 9.17) is 38.8 Å². The number of primary amides is 1. The summed E-state index contributed by atoms with van der Waals surface area (Å²) in [5.74, 6) is 6.12. The molecule has 0 spiro atoms. The lowest BCUT2D eigenvalue weighted by molar-refractivity contribution is 0.0383. The Morgan fingerprint density at radius 2 is 1.67 bits per heavy atom. The summed E-state index contributed by atoms with van der Waals surface area (Å²) in [7, 11) is 0. The van der Waals surface area contributed by atoms with Gasteiger partial charge in [-0.25, -0.2) is 4.79 Å². The van der Waals surface area contributed by atoms with E-state index in [-0.39, 0.29) is 5.91 Å². The number of morpholine rings is 1. The van der Waals surface area contributed by atoms with E-state index < -0.39 is 6.03 Å². The van der Waals surface area contributed by atoms with E-state index in [1.807, 2.05) is 18.2 Å². The SMILES string of the molecule is NC(=O)N1CCc2c(c(-c3ccc(Cl)c(C#Cc4ccc(Cl)c(C(=O)NCCN5CCOCC5)c4)c3)nn2CCCN2CCCCC2)C1. The zero-order valence-corrected chi connectivity index (χ0v) is 28.8. The van der Waals surface area contributed by atoms with E-state index in [9.17, 15) is 9.59 Å². The topological polar surface area (TPSA) is 109 Å². The van der Waals surface area contributed by atoms with Gasteiger partial charge >= 0.3 is 6.03 Å². The highest BCUT2D eigenvalue weighted by atomic mass is 35.5. The number of rotatable bonds is 9. The molecule has 3 aromatic rings. The molecule has 2 aromatic carbocycles. The largest absolute Gasteiger partial charge is 0.379 e. The molecule has 10 nitrogen and oxygen atoms in total. The highest BCUT2D eigenvalue weighted by Crippen LogP contribution is 2.32. The molecule has 0 saturated carbocycles. The summed E-state index contributed by atoms with van der Waals surface area (Å²) in [6.45, 7) is 9.62. The first-order chi connectivity index (χ1) is 23.4. The maximum atomic E-state index is 13.0. The molecule has 3 aliphatic rings. The Labute approximate surface area is 292 Å². The predicted molar refractivity (Wildman–Crippen MR) is 188 cm³/mol. The van der Waals surface area contributed by atoms with Crippen LogP contribution in [0.25, 0.3) is 11.3 Å². The molecule has 0 bridgehead atoms. The number of ether oxygens (including phenoxy) is 1. The summed E-state index contributed by atoms with van der Waals surface area (Å²) in [4.78, 5) is 31.6. The van der Waals surface area contributed by atoms with Gasteiger partial charge in [-0.3, -0.25) is 14.4 Å². The molecule has 0 aliphatic carbocycles. The zero-order chi connectivity index (χ0) is 33.5. The van der Waals surface area contributed by atoms with Gasteiger partial charge < -0.3 is 25.6 Å². The summed E-state index contributed by atoms with van der Waals surface area (Å²) < 4.78 is 7.51. The van der Waals surface area contributed by atoms with Crippen LogP contribution in [0.3, 0.4) is 0 Å². The van der Waals surface area contributed by atoms with Crippen LogP contribution in [0.4, 0.5) is 4.79 Å². The van der Waals surface area contributed by atoms with Crippen molar-refractivity contribution in [3.05, 3.63) is 74.4 Å². The van der Waals surface area contributed by atoms with Gasteiger partial charge in [0.15, 0.2) is 0 Å². The Bertz CT molecular complexity index is 1690. The zero-order valence-electron chi connectivity index (χ0n) is 27.3. The molecule has 4 heterocycles. The molecule has 3 aliphatic heterocycles. The molecule has 0 unspecified atom stereocenters. The average Bonchev–Trinajstić information content (AvgIpc) is 3.47. The molecule has 12 heteroatoms. The molecule has 0 atom stereocenters. The van der Waals surface area contributed by atoms with Gasteiger partial charge in [-0.2, -0.15) is 5.10 Å². The number of nitrogens with one attached hydrogen (secondary N) is 1. The Hall–Kier alpha value is -3.59. The fourth-order valence-corrected chi connectivity index (χ4v) is 7.02. The number of fused-ring (bicyclic) bond motifs is 1. The van der Waals surface area contributed by atoms with Crippen LogP contribution >= 0.6 is 23.2 Å². The number of piperidine rings is 1. The highest BCUT2D eigenvalue weighted by molar-refractivity contribution is 6.34. The lowest BCUT2D eigenvalue weighted by Crippen LogP contribution is -2.41. The average molecular weight is 693 g/mol. The first kappa shape index (κ1) is 34.3. The van der Waals surface area contributed by atoms with E-state index in [1.165, 1.54) is 32.4 Å². The minimum atomic E-state index is -0.430. The van der Waals surface area contributed by atoms with E-state index >= 15 is 0 Å². The van der Waals surface area contributed by atoms with Gasteiger partial charge in [-0.1, -0.05) is 47.5 Å². The number of aromatic nitrogens is 2. The molecule has 2 fully saturated rings. The van der Waals surface area contributed by atoms with Gasteiger partial charge in [0.05, 0.1) is 41.1 Å². The first-order valence-corrected chi connectivity index (χ1v) is 17.7. The van der Waals surface area contributed by atoms with Crippen molar-refractivity contribution in [2.45, 2.75) is 45.2 Å². The molecule has 6 rings (SSSR count). The number of amides is 3. The number of nitrogens with two attached hydrogens (primary N) is 1. The number of carbonyl (C=O) groups excluding carboxylic acids is 2. The number of hydrogen-bond acceptors (Lipinski definition) is 6. The van der Waals surface area contributed by atoms with Gasteiger partial charge in [-0.15, -0.1) is 0 Å². The second kappa shape index (κ2) is 16.2. The summed E-state index contributed by atoms with van der Waals surface area (Å²) >= 11 is 13.0. The van der Waals surface area contributed by atoms with Crippen molar-refractivity contribution >= 4 is 35.1 Å². The lowest BCUT2D eigenvalue weighted by atomic mass is 9.99. The van der Waals surface area contributed by atoms with Crippen molar-refractivity contribution in [2.75, 3.05) is 65.6 Å². The Balaban J connectivity index is 1.20. The first-order valence-electron chi connectivity index (χ1n) is 16.9. The van der Waals surface area contributed by atoms with Gasteiger partial charge in [0.2, 0.25) is 0 Å². The third-order valence-corrected chi connectivity index (χ3v) is 10.0.